The first-order valence-electron chi connectivity index (χ1n) is 6.28. The van der Waals surface area contributed by atoms with Crippen molar-refractivity contribution in [1.82, 2.24) is 0 Å². The molecule has 0 radical (unpaired) electrons. The van der Waals surface area contributed by atoms with E-state index in [4.69, 9.17) is 16.3 Å². The van der Waals surface area contributed by atoms with Crippen LogP contribution in [0.5, 0.6) is 0 Å². The average Bonchev–Trinajstić information content (AvgIpc) is 3.20. The molecule has 2 atom stereocenters. The largest absolute Gasteiger partial charge is 0.399 e. The molecule has 0 bridgehead atoms. The molecule has 1 aliphatic rings. The Balaban J connectivity index is 2.77. The van der Waals surface area contributed by atoms with Gasteiger partial charge in [0.25, 0.3) is 0 Å². The molecule has 0 heterocycles. The zero-order chi connectivity index (χ0) is 17.3. The summed E-state index contributed by atoms with van der Waals surface area (Å²) in [6.45, 7) is 0. The molecule has 23 heavy (non-hydrogen) atoms. The Morgan fingerprint density at radius 1 is 0.957 bits per heavy atom. The minimum atomic E-state index is -1.84. The van der Waals surface area contributed by atoms with Gasteiger partial charge in [-0.3, -0.25) is 0 Å². The van der Waals surface area contributed by atoms with Gasteiger partial charge in [0.15, 0.2) is 5.41 Å². The van der Waals surface area contributed by atoms with Crippen LogP contribution in [0.3, 0.4) is 0 Å². The van der Waals surface area contributed by atoms with Crippen molar-refractivity contribution >= 4 is 0 Å². The molecule has 1 saturated carbocycles. The average molecular weight is 302 g/mol. The Bertz CT molecular complexity index is 880. The van der Waals surface area contributed by atoms with E-state index in [2.05, 4.69) is 0 Å². The molecule has 1 aromatic carbocycles. The van der Waals surface area contributed by atoms with Gasteiger partial charge in [-0.1, -0.05) is 12.1 Å². The number of benzene rings is 1. The van der Waals surface area contributed by atoms with Crippen LogP contribution in [0.2, 0.25) is 0 Å². The van der Waals surface area contributed by atoms with Crippen LogP contribution in [0.25, 0.3) is 0 Å². The van der Waals surface area contributed by atoms with E-state index in [-0.39, 0.29) is 0 Å². The number of halogens is 1. The van der Waals surface area contributed by atoms with Gasteiger partial charge >= 0.3 is 0 Å². The summed E-state index contributed by atoms with van der Waals surface area (Å²) in [7, 11) is 0. The van der Waals surface area contributed by atoms with Gasteiger partial charge in [-0.25, -0.2) is 4.39 Å². The standard InChI is InChI=1S/C16H7FN6/c17-12-3-1-10(2-4-12)13-15(7-20,8-21)16(13,9-22)14(23)11(5-18)6-19/h1-4,13H,23H2/t13-,16+/m1/s1. The second-order valence-corrected chi connectivity index (χ2v) is 4.95. The highest BCUT2D eigenvalue weighted by Gasteiger charge is 2.82. The van der Waals surface area contributed by atoms with Crippen molar-refractivity contribution in [2.24, 2.45) is 16.6 Å². The monoisotopic (exact) mass is 302 g/mol. The van der Waals surface area contributed by atoms with Crippen LogP contribution < -0.4 is 5.73 Å². The first-order valence-corrected chi connectivity index (χ1v) is 6.28. The summed E-state index contributed by atoms with van der Waals surface area (Å²) in [6, 6.07) is 13.5. The number of nitriles is 5. The number of nitrogens with two attached hydrogens (primary N) is 1. The Kier molecular flexibility index (Phi) is 3.48. The third kappa shape index (κ3) is 1.74. The van der Waals surface area contributed by atoms with Crippen molar-refractivity contribution in [3.05, 3.63) is 46.9 Å². The van der Waals surface area contributed by atoms with Crippen LogP contribution in [0.15, 0.2) is 35.5 Å². The van der Waals surface area contributed by atoms with Gasteiger partial charge in [-0.2, -0.15) is 26.3 Å². The van der Waals surface area contributed by atoms with Crippen molar-refractivity contribution in [3.63, 3.8) is 0 Å². The van der Waals surface area contributed by atoms with E-state index >= 15 is 0 Å². The van der Waals surface area contributed by atoms with Gasteiger partial charge in [0.1, 0.15) is 28.9 Å². The second kappa shape index (κ2) is 5.16. The van der Waals surface area contributed by atoms with Crippen molar-refractivity contribution in [2.75, 3.05) is 0 Å². The number of allylic oxidation sites excluding steroid dienone is 2. The van der Waals surface area contributed by atoms with Gasteiger partial charge in [-0.15, -0.1) is 0 Å². The Labute approximate surface area is 131 Å². The second-order valence-electron chi connectivity index (χ2n) is 4.95. The molecule has 0 aliphatic heterocycles. The smallest absolute Gasteiger partial charge is 0.177 e. The Morgan fingerprint density at radius 2 is 1.48 bits per heavy atom. The SMILES string of the molecule is N#CC(C#N)=C(N)[C@]1(C#N)[C@H](c2ccc(F)cc2)C1(C#N)C#N. The molecule has 0 aromatic heterocycles. The maximum absolute atomic E-state index is 13.1. The molecule has 2 N–H and O–H groups in total. The summed E-state index contributed by atoms with van der Waals surface area (Å²) in [4.78, 5) is 0. The van der Waals surface area contributed by atoms with Crippen LogP contribution in [-0.4, -0.2) is 0 Å². The van der Waals surface area contributed by atoms with Crippen LogP contribution >= 0.6 is 0 Å². The highest BCUT2D eigenvalue weighted by molar-refractivity contribution is 5.63. The third-order valence-electron chi connectivity index (χ3n) is 4.05. The van der Waals surface area contributed by atoms with E-state index in [1.807, 2.05) is 6.07 Å². The third-order valence-corrected chi connectivity index (χ3v) is 4.05. The molecule has 1 fully saturated rings. The van der Waals surface area contributed by atoms with Crippen LogP contribution in [0.1, 0.15) is 11.5 Å². The van der Waals surface area contributed by atoms with Crippen molar-refractivity contribution in [3.8, 4) is 30.3 Å². The molecule has 0 unspecified atom stereocenters. The normalized spacial score (nSPS) is 23.0. The fourth-order valence-corrected chi connectivity index (χ4v) is 2.88. The lowest BCUT2D eigenvalue weighted by atomic mass is 9.90. The minimum Gasteiger partial charge on any atom is -0.399 e. The quantitative estimate of drug-likeness (QED) is 0.823. The molecule has 0 saturated heterocycles. The maximum atomic E-state index is 13.1. The van der Waals surface area contributed by atoms with E-state index in [1.165, 1.54) is 12.1 Å². The number of hydrogen-bond donors (Lipinski definition) is 1. The maximum Gasteiger partial charge on any atom is 0.177 e. The van der Waals surface area contributed by atoms with Crippen LogP contribution in [0, 0.1) is 73.3 Å². The minimum absolute atomic E-state index is 0.356. The highest BCUT2D eigenvalue weighted by Crippen LogP contribution is 2.76. The van der Waals surface area contributed by atoms with Crippen LogP contribution in [-0.2, 0) is 0 Å². The van der Waals surface area contributed by atoms with Gasteiger partial charge in [0, 0.05) is 5.92 Å². The molecule has 6 nitrogen and oxygen atoms in total. The number of nitrogens with zero attached hydrogens (tertiary/aromatic N) is 5. The molecule has 7 heteroatoms. The molecular weight excluding hydrogens is 295 g/mol. The lowest BCUT2D eigenvalue weighted by Crippen LogP contribution is -2.20. The van der Waals surface area contributed by atoms with E-state index < -0.39 is 33.8 Å². The van der Waals surface area contributed by atoms with E-state index in [0.29, 0.717) is 5.56 Å². The summed E-state index contributed by atoms with van der Waals surface area (Å²) in [5.41, 5.74) is 1.56. The zero-order valence-electron chi connectivity index (χ0n) is 11.6. The summed E-state index contributed by atoms with van der Waals surface area (Å²) >= 11 is 0. The van der Waals surface area contributed by atoms with Crippen molar-refractivity contribution < 1.29 is 4.39 Å². The molecule has 0 amide bonds. The fourth-order valence-electron chi connectivity index (χ4n) is 2.88. The zero-order valence-corrected chi connectivity index (χ0v) is 11.6. The van der Waals surface area contributed by atoms with Crippen LogP contribution in [0.4, 0.5) is 4.39 Å². The molecular formula is C16H7FN6. The molecule has 2 rings (SSSR count). The van der Waals surface area contributed by atoms with Crippen molar-refractivity contribution in [2.45, 2.75) is 5.92 Å². The van der Waals surface area contributed by atoms with Gasteiger partial charge < -0.3 is 5.73 Å². The van der Waals surface area contributed by atoms with Gasteiger partial charge in [0.05, 0.1) is 23.9 Å². The lowest BCUT2D eigenvalue weighted by molar-refractivity contribution is 0.626. The lowest BCUT2D eigenvalue weighted by Gasteiger charge is -2.09. The molecule has 0 spiro atoms. The van der Waals surface area contributed by atoms with Gasteiger partial charge in [0.2, 0.25) is 0 Å². The molecule has 1 aliphatic carbocycles. The predicted octanol–water partition coefficient (Wildman–Crippen LogP) is 1.73. The Hall–Kier alpha value is -3.86. The summed E-state index contributed by atoms with van der Waals surface area (Å²) in [5.74, 6) is -1.50. The fraction of sp³-hybridized carbons (Fsp3) is 0.188. The molecule has 108 valence electrons. The number of hydrogen-bond acceptors (Lipinski definition) is 6. The van der Waals surface area contributed by atoms with Gasteiger partial charge in [-0.05, 0) is 17.7 Å². The summed E-state index contributed by atoms with van der Waals surface area (Å²) in [5, 5.41) is 46.4. The first kappa shape index (κ1) is 15.5. The number of rotatable bonds is 2. The highest BCUT2D eigenvalue weighted by atomic mass is 19.1. The molecule has 1 aromatic rings. The van der Waals surface area contributed by atoms with Crippen molar-refractivity contribution in [1.29, 1.82) is 26.3 Å². The summed E-state index contributed by atoms with van der Waals surface area (Å²) in [6.07, 6.45) is 0. The van der Waals surface area contributed by atoms with E-state index in [0.717, 1.165) is 12.1 Å². The summed E-state index contributed by atoms with van der Waals surface area (Å²) < 4.78 is 13.1. The Morgan fingerprint density at radius 3 is 1.87 bits per heavy atom. The predicted molar refractivity (Wildman–Crippen MR) is 73.3 cm³/mol. The van der Waals surface area contributed by atoms with E-state index in [9.17, 15) is 20.2 Å². The first-order chi connectivity index (χ1) is 11.0. The topological polar surface area (TPSA) is 145 Å². The van der Waals surface area contributed by atoms with E-state index in [1.54, 1.807) is 24.3 Å².